The molecule has 0 heterocycles. The van der Waals surface area contributed by atoms with Crippen molar-refractivity contribution in [3.63, 3.8) is 0 Å². The van der Waals surface area contributed by atoms with E-state index in [1.807, 2.05) is 30.3 Å². The lowest BCUT2D eigenvalue weighted by atomic mass is 9.90. The van der Waals surface area contributed by atoms with Crippen LogP contribution in [0.15, 0.2) is 84.9 Å². The fourth-order valence-electron chi connectivity index (χ4n) is 3.92. The summed E-state index contributed by atoms with van der Waals surface area (Å²) in [5.74, 6) is -0.328. The topological polar surface area (TPSA) is 17.1 Å². The second-order valence-electron chi connectivity index (χ2n) is 6.71. The highest BCUT2D eigenvalue weighted by Crippen LogP contribution is 2.38. The number of fused-ring (bicyclic) bond motifs is 5. The third-order valence-electron chi connectivity index (χ3n) is 5.17. The minimum absolute atomic E-state index is 0.328. The van der Waals surface area contributed by atoms with E-state index in [1.165, 1.54) is 12.1 Å². The number of carbonyl (C=O) groups is 1. The van der Waals surface area contributed by atoms with Gasteiger partial charge in [-0.3, -0.25) is 4.79 Å². The molecule has 0 atom stereocenters. The molecule has 0 fully saturated rings. The number of benzene rings is 5. The molecular weight excluding hydrogens is 335 g/mol. The van der Waals surface area contributed by atoms with Crippen LogP contribution in [0, 0.1) is 5.82 Å². The van der Waals surface area contributed by atoms with Crippen molar-refractivity contribution in [3.8, 4) is 11.1 Å². The smallest absolute Gasteiger partial charge is 0.150 e. The fourth-order valence-corrected chi connectivity index (χ4v) is 3.92. The van der Waals surface area contributed by atoms with Gasteiger partial charge in [0.25, 0.3) is 0 Å². The van der Waals surface area contributed by atoms with Gasteiger partial charge in [0.15, 0.2) is 0 Å². The van der Waals surface area contributed by atoms with Crippen LogP contribution >= 0.6 is 0 Å². The summed E-state index contributed by atoms with van der Waals surface area (Å²) in [6.07, 6.45) is 0.752. The molecule has 0 bridgehead atoms. The molecule has 2 heteroatoms. The second kappa shape index (κ2) is 6.03. The number of rotatable bonds is 2. The van der Waals surface area contributed by atoms with Gasteiger partial charge in [-0.15, -0.1) is 0 Å². The van der Waals surface area contributed by atoms with Crippen LogP contribution in [0.2, 0.25) is 0 Å². The predicted octanol–water partition coefficient (Wildman–Crippen LogP) is 6.76. The second-order valence-corrected chi connectivity index (χ2v) is 6.71. The van der Waals surface area contributed by atoms with Crippen molar-refractivity contribution in [2.45, 2.75) is 0 Å². The lowest BCUT2D eigenvalue weighted by Gasteiger charge is -2.13. The first-order chi connectivity index (χ1) is 13.3. The first-order valence-electron chi connectivity index (χ1n) is 8.84. The van der Waals surface area contributed by atoms with E-state index in [-0.39, 0.29) is 5.82 Å². The Morgan fingerprint density at radius 1 is 0.630 bits per heavy atom. The Morgan fingerprint density at radius 2 is 1.33 bits per heavy atom. The van der Waals surface area contributed by atoms with E-state index in [1.54, 1.807) is 6.07 Å². The SMILES string of the molecule is O=Cc1ccc(F)c(-c2cccc3ccc4ccc5ccccc5c4c23)c1. The zero-order valence-electron chi connectivity index (χ0n) is 14.4. The van der Waals surface area contributed by atoms with Crippen LogP contribution in [0.1, 0.15) is 10.4 Å². The molecule has 1 nitrogen and oxygen atoms in total. The largest absolute Gasteiger partial charge is 0.298 e. The lowest BCUT2D eigenvalue weighted by Crippen LogP contribution is -1.91. The third kappa shape index (κ3) is 2.42. The molecule has 27 heavy (non-hydrogen) atoms. The van der Waals surface area contributed by atoms with E-state index < -0.39 is 0 Å². The molecule has 128 valence electrons. The molecule has 0 unspecified atom stereocenters. The molecule has 0 saturated heterocycles. The molecule has 0 aliphatic carbocycles. The third-order valence-corrected chi connectivity index (χ3v) is 5.17. The highest BCUT2D eigenvalue weighted by atomic mass is 19.1. The summed E-state index contributed by atoms with van der Waals surface area (Å²) in [5, 5.41) is 6.56. The molecule has 5 aromatic rings. The Bertz CT molecular complexity index is 1350. The van der Waals surface area contributed by atoms with Crippen LogP contribution in [0.3, 0.4) is 0 Å². The average molecular weight is 350 g/mol. The minimum atomic E-state index is -0.328. The van der Waals surface area contributed by atoms with Crippen LogP contribution < -0.4 is 0 Å². The number of hydrogen-bond donors (Lipinski definition) is 0. The highest BCUT2D eigenvalue weighted by Gasteiger charge is 2.13. The van der Waals surface area contributed by atoms with Crippen molar-refractivity contribution in [3.05, 3.63) is 96.3 Å². The van der Waals surface area contributed by atoms with Crippen LogP contribution in [0.4, 0.5) is 4.39 Å². The van der Waals surface area contributed by atoms with Gasteiger partial charge < -0.3 is 0 Å². The van der Waals surface area contributed by atoms with Gasteiger partial charge in [-0.1, -0.05) is 66.7 Å². The molecule has 0 aliphatic heterocycles. The van der Waals surface area contributed by atoms with Crippen LogP contribution in [-0.4, -0.2) is 6.29 Å². The van der Waals surface area contributed by atoms with Crippen LogP contribution in [-0.2, 0) is 0 Å². The van der Waals surface area contributed by atoms with Crippen molar-refractivity contribution in [1.29, 1.82) is 0 Å². The highest BCUT2D eigenvalue weighted by molar-refractivity contribution is 6.23. The van der Waals surface area contributed by atoms with E-state index in [0.717, 1.165) is 44.2 Å². The summed E-state index contributed by atoms with van der Waals surface area (Å²) in [5.41, 5.74) is 1.72. The normalized spacial score (nSPS) is 11.3. The summed E-state index contributed by atoms with van der Waals surface area (Å²) < 4.78 is 14.7. The van der Waals surface area contributed by atoms with Gasteiger partial charge in [0.1, 0.15) is 12.1 Å². The summed E-state index contributed by atoms with van der Waals surface area (Å²) in [6.45, 7) is 0. The Hall–Kier alpha value is -3.52. The van der Waals surface area contributed by atoms with Crippen LogP contribution in [0.5, 0.6) is 0 Å². The zero-order valence-corrected chi connectivity index (χ0v) is 14.4. The molecule has 0 N–H and O–H groups in total. The molecule has 0 aromatic heterocycles. The predicted molar refractivity (Wildman–Crippen MR) is 110 cm³/mol. The standard InChI is InChI=1S/C25H15FO/c26-23-13-8-16(15-27)14-22(23)21-7-3-5-18-11-12-19-10-9-17-4-1-2-6-20(17)24(19)25(18)21/h1-15H. The fraction of sp³-hybridized carbons (Fsp3) is 0. The van der Waals surface area contributed by atoms with Gasteiger partial charge in [-0.2, -0.15) is 0 Å². The Kier molecular flexibility index (Phi) is 3.51. The number of hydrogen-bond acceptors (Lipinski definition) is 1. The van der Waals surface area contributed by atoms with Crippen LogP contribution in [0.25, 0.3) is 43.4 Å². The molecule has 0 spiro atoms. The molecule has 0 aliphatic rings. The molecular formula is C25H15FO. The number of carbonyl (C=O) groups excluding carboxylic acids is 1. The zero-order chi connectivity index (χ0) is 18.4. The van der Waals surface area contributed by atoms with Gasteiger partial charge in [-0.05, 0) is 56.1 Å². The van der Waals surface area contributed by atoms with Gasteiger partial charge >= 0.3 is 0 Å². The number of halogens is 1. The van der Waals surface area contributed by atoms with E-state index in [0.29, 0.717) is 11.1 Å². The molecule has 5 rings (SSSR count). The van der Waals surface area contributed by atoms with Gasteiger partial charge in [0, 0.05) is 11.1 Å². The quantitative estimate of drug-likeness (QED) is 0.254. The van der Waals surface area contributed by atoms with E-state index in [9.17, 15) is 9.18 Å². The van der Waals surface area contributed by atoms with Crippen molar-refractivity contribution in [2.24, 2.45) is 0 Å². The molecule has 0 amide bonds. The number of aldehydes is 1. The lowest BCUT2D eigenvalue weighted by molar-refractivity contribution is 0.112. The monoisotopic (exact) mass is 350 g/mol. The molecule has 5 aromatic carbocycles. The first kappa shape index (κ1) is 15.7. The Morgan fingerprint density at radius 3 is 2.15 bits per heavy atom. The summed E-state index contributed by atoms with van der Waals surface area (Å²) in [4.78, 5) is 11.2. The molecule has 0 saturated carbocycles. The van der Waals surface area contributed by atoms with E-state index in [2.05, 4.69) is 36.4 Å². The maximum Gasteiger partial charge on any atom is 0.150 e. The summed E-state index contributed by atoms with van der Waals surface area (Å²) in [6, 6.07) is 27.0. The van der Waals surface area contributed by atoms with Crippen molar-refractivity contribution >= 4 is 38.6 Å². The maximum atomic E-state index is 14.7. The van der Waals surface area contributed by atoms with Gasteiger partial charge in [-0.25, -0.2) is 4.39 Å². The maximum absolute atomic E-state index is 14.7. The summed E-state index contributed by atoms with van der Waals surface area (Å²) >= 11 is 0. The minimum Gasteiger partial charge on any atom is -0.298 e. The molecule has 0 radical (unpaired) electrons. The van der Waals surface area contributed by atoms with Gasteiger partial charge in [0.2, 0.25) is 0 Å². The van der Waals surface area contributed by atoms with E-state index in [4.69, 9.17) is 0 Å². The van der Waals surface area contributed by atoms with Crippen molar-refractivity contribution < 1.29 is 9.18 Å². The average Bonchev–Trinajstić information content (AvgIpc) is 2.73. The van der Waals surface area contributed by atoms with E-state index >= 15 is 0 Å². The Labute approximate surface area is 155 Å². The van der Waals surface area contributed by atoms with Crippen molar-refractivity contribution in [1.82, 2.24) is 0 Å². The summed E-state index contributed by atoms with van der Waals surface area (Å²) in [7, 11) is 0. The van der Waals surface area contributed by atoms with Crippen molar-refractivity contribution in [2.75, 3.05) is 0 Å². The Balaban J connectivity index is 2.01. The first-order valence-corrected chi connectivity index (χ1v) is 8.84. The van der Waals surface area contributed by atoms with Gasteiger partial charge in [0.05, 0.1) is 0 Å².